The Kier molecular flexibility index (Phi) is 4.71. The van der Waals surface area contributed by atoms with Gasteiger partial charge in [0.2, 0.25) is 0 Å². The maximum Gasteiger partial charge on any atom is 0.183 e. The van der Waals surface area contributed by atoms with Crippen molar-refractivity contribution < 1.29 is 34.6 Å². The van der Waals surface area contributed by atoms with E-state index in [0.29, 0.717) is 0 Å². The highest BCUT2D eigenvalue weighted by atomic mass is 16.7. The summed E-state index contributed by atoms with van der Waals surface area (Å²) in [6.07, 6.45) is -7.70. The molecular formula is C10H20N2O7. The van der Waals surface area contributed by atoms with Crippen molar-refractivity contribution in [3.63, 3.8) is 0 Å². The van der Waals surface area contributed by atoms with Gasteiger partial charge in [0.25, 0.3) is 0 Å². The van der Waals surface area contributed by atoms with Crippen LogP contribution in [0.25, 0.3) is 0 Å². The van der Waals surface area contributed by atoms with Crippen LogP contribution in [0, 0.1) is 0 Å². The molecule has 0 radical (unpaired) electrons. The van der Waals surface area contributed by atoms with Gasteiger partial charge >= 0.3 is 0 Å². The Labute approximate surface area is 109 Å². The molecule has 0 spiro atoms. The van der Waals surface area contributed by atoms with Gasteiger partial charge in [0.15, 0.2) is 12.6 Å². The van der Waals surface area contributed by atoms with Crippen LogP contribution in [0.1, 0.15) is 0 Å². The van der Waals surface area contributed by atoms with Crippen molar-refractivity contribution in [3.8, 4) is 0 Å². The van der Waals surface area contributed by atoms with E-state index in [2.05, 4.69) is 0 Å². The Morgan fingerprint density at radius 3 is 2.32 bits per heavy atom. The van der Waals surface area contributed by atoms with Crippen LogP contribution in [0.4, 0.5) is 0 Å². The second-order valence-electron chi connectivity index (χ2n) is 4.73. The smallest absolute Gasteiger partial charge is 0.183 e. The molecule has 2 rings (SSSR count). The average Bonchev–Trinajstić information content (AvgIpc) is 2.71. The Hall–Kier alpha value is -0.360. The zero-order chi connectivity index (χ0) is 14.2. The van der Waals surface area contributed by atoms with E-state index in [1.165, 1.54) is 0 Å². The molecule has 0 bridgehead atoms. The van der Waals surface area contributed by atoms with Gasteiger partial charge in [-0.25, -0.2) is 0 Å². The predicted molar refractivity (Wildman–Crippen MR) is 60.5 cm³/mol. The Morgan fingerprint density at radius 2 is 1.79 bits per heavy atom. The first-order valence-corrected chi connectivity index (χ1v) is 6.06. The van der Waals surface area contributed by atoms with Gasteiger partial charge in [-0.05, 0) is 0 Å². The first kappa shape index (κ1) is 15.0. The van der Waals surface area contributed by atoms with Crippen LogP contribution in [-0.4, -0.2) is 82.7 Å². The van der Waals surface area contributed by atoms with E-state index in [4.69, 9.17) is 25.7 Å². The highest BCUT2D eigenvalue weighted by Gasteiger charge is 2.46. The summed E-state index contributed by atoms with van der Waals surface area (Å²) in [4.78, 5) is 0. The normalized spacial score (nSPS) is 51.5. The molecule has 0 aromatic heterocycles. The van der Waals surface area contributed by atoms with Gasteiger partial charge in [-0.15, -0.1) is 0 Å². The molecule has 2 fully saturated rings. The van der Waals surface area contributed by atoms with E-state index in [1.54, 1.807) is 0 Å². The average molecular weight is 280 g/mol. The largest absolute Gasteiger partial charge is 0.388 e. The summed E-state index contributed by atoms with van der Waals surface area (Å²) >= 11 is 0. The number of ether oxygens (including phenoxy) is 3. The molecule has 9 heteroatoms. The van der Waals surface area contributed by atoms with E-state index < -0.39 is 49.1 Å². The standard InChI is InChI=1S/C10H20N2O7/c11-1-3-6(13)8(15)5(12)10(18-3)19-4-2-17-9(16)7(4)14/h3-10,13-16H,1-2,11-12H2/t3?,4-,5-,6+,7?,8?,9+,10-/m0/s1. The van der Waals surface area contributed by atoms with Gasteiger partial charge in [0.1, 0.15) is 30.5 Å². The SMILES string of the molecule is NCC1O[C@@H](O[C@H]2CO[C@@H](O)C2O)[C@@H](N)C(O)[C@@H]1O. The van der Waals surface area contributed by atoms with Crippen molar-refractivity contribution in [1.29, 1.82) is 0 Å². The van der Waals surface area contributed by atoms with Crippen molar-refractivity contribution in [2.45, 2.75) is 49.1 Å². The number of hydrogen-bond acceptors (Lipinski definition) is 9. The van der Waals surface area contributed by atoms with Crippen molar-refractivity contribution in [3.05, 3.63) is 0 Å². The first-order chi connectivity index (χ1) is 8.95. The molecular weight excluding hydrogens is 260 g/mol. The molecule has 112 valence electrons. The highest BCUT2D eigenvalue weighted by molar-refractivity contribution is 4.93. The maximum atomic E-state index is 9.78. The summed E-state index contributed by atoms with van der Waals surface area (Å²) in [6, 6.07) is -0.997. The van der Waals surface area contributed by atoms with Gasteiger partial charge in [0, 0.05) is 6.54 Å². The number of rotatable bonds is 3. The van der Waals surface area contributed by atoms with E-state index in [-0.39, 0.29) is 13.2 Å². The zero-order valence-electron chi connectivity index (χ0n) is 10.2. The van der Waals surface area contributed by atoms with E-state index in [9.17, 15) is 20.4 Å². The lowest BCUT2D eigenvalue weighted by molar-refractivity contribution is -0.275. The predicted octanol–water partition coefficient (Wildman–Crippen LogP) is -4.19. The highest BCUT2D eigenvalue weighted by Crippen LogP contribution is 2.24. The molecule has 0 saturated carbocycles. The molecule has 0 amide bonds. The molecule has 2 heterocycles. The van der Waals surface area contributed by atoms with Gasteiger partial charge < -0.3 is 46.1 Å². The fourth-order valence-corrected chi connectivity index (χ4v) is 2.14. The fraction of sp³-hybridized carbons (Fsp3) is 1.00. The third-order valence-electron chi connectivity index (χ3n) is 3.39. The molecule has 0 aromatic rings. The lowest BCUT2D eigenvalue weighted by Crippen LogP contribution is -2.64. The van der Waals surface area contributed by atoms with Crippen LogP contribution in [0.5, 0.6) is 0 Å². The lowest BCUT2D eigenvalue weighted by atomic mass is 9.97. The number of aliphatic hydroxyl groups is 4. The molecule has 0 aromatic carbocycles. The quantitative estimate of drug-likeness (QED) is 0.301. The second kappa shape index (κ2) is 5.95. The summed E-state index contributed by atoms with van der Waals surface area (Å²) in [6.45, 7) is -0.0436. The minimum Gasteiger partial charge on any atom is -0.388 e. The van der Waals surface area contributed by atoms with Crippen molar-refractivity contribution in [2.24, 2.45) is 11.5 Å². The lowest BCUT2D eigenvalue weighted by Gasteiger charge is -2.41. The van der Waals surface area contributed by atoms with Crippen molar-refractivity contribution in [2.75, 3.05) is 13.2 Å². The molecule has 3 unspecified atom stereocenters. The maximum absolute atomic E-state index is 9.78. The Morgan fingerprint density at radius 1 is 1.11 bits per heavy atom. The minimum atomic E-state index is -1.33. The summed E-state index contributed by atoms with van der Waals surface area (Å²) < 4.78 is 15.5. The van der Waals surface area contributed by atoms with Crippen molar-refractivity contribution >= 4 is 0 Å². The monoisotopic (exact) mass is 280 g/mol. The Bertz CT molecular complexity index is 306. The van der Waals surface area contributed by atoms with Gasteiger partial charge in [0.05, 0.1) is 12.6 Å². The third kappa shape index (κ3) is 2.89. The van der Waals surface area contributed by atoms with Crippen LogP contribution in [0.2, 0.25) is 0 Å². The minimum absolute atomic E-state index is 0.0167. The first-order valence-electron chi connectivity index (χ1n) is 6.06. The number of nitrogens with two attached hydrogens (primary N) is 2. The molecule has 19 heavy (non-hydrogen) atoms. The summed E-state index contributed by atoms with van der Waals surface area (Å²) in [7, 11) is 0. The number of hydrogen-bond donors (Lipinski definition) is 6. The van der Waals surface area contributed by atoms with Crippen molar-refractivity contribution in [1.82, 2.24) is 0 Å². The van der Waals surface area contributed by atoms with Crippen LogP contribution in [0.15, 0.2) is 0 Å². The van der Waals surface area contributed by atoms with E-state index >= 15 is 0 Å². The van der Waals surface area contributed by atoms with E-state index in [1.807, 2.05) is 0 Å². The molecule has 9 nitrogen and oxygen atoms in total. The molecule has 8 atom stereocenters. The third-order valence-corrected chi connectivity index (χ3v) is 3.39. The van der Waals surface area contributed by atoms with Gasteiger partial charge in [-0.2, -0.15) is 0 Å². The molecule has 2 aliphatic heterocycles. The summed E-state index contributed by atoms with van der Waals surface area (Å²) in [5.41, 5.74) is 11.1. The molecule has 2 saturated heterocycles. The van der Waals surface area contributed by atoms with Gasteiger partial charge in [-0.1, -0.05) is 0 Å². The van der Waals surface area contributed by atoms with E-state index in [0.717, 1.165) is 0 Å². The zero-order valence-corrected chi connectivity index (χ0v) is 10.2. The molecule has 0 aliphatic carbocycles. The molecule has 8 N–H and O–H groups in total. The molecule has 2 aliphatic rings. The summed E-state index contributed by atoms with van der Waals surface area (Å²) in [5, 5.41) is 38.3. The van der Waals surface area contributed by atoms with Crippen LogP contribution in [-0.2, 0) is 14.2 Å². The van der Waals surface area contributed by atoms with Crippen LogP contribution in [0.3, 0.4) is 0 Å². The van der Waals surface area contributed by atoms with Gasteiger partial charge in [-0.3, -0.25) is 0 Å². The Balaban J connectivity index is 1.99. The topological polar surface area (TPSA) is 161 Å². The van der Waals surface area contributed by atoms with Crippen LogP contribution < -0.4 is 11.5 Å². The second-order valence-corrected chi connectivity index (χ2v) is 4.73. The summed E-state index contributed by atoms with van der Waals surface area (Å²) in [5.74, 6) is 0. The number of aliphatic hydroxyl groups excluding tert-OH is 4. The van der Waals surface area contributed by atoms with Crippen LogP contribution >= 0.6 is 0 Å². The fourth-order valence-electron chi connectivity index (χ4n) is 2.14.